The van der Waals surface area contributed by atoms with Gasteiger partial charge in [0, 0.05) is 26.7 Å². The van der Waals surface area contributed by atoms with E-state index < -0.39 is 0 Å². The fourth-order valence-electron chi connectivity index (χ4n) is 3.08. The van der Waals surface area contributed by atoms with E-state index >= 15 is 0 Å². The summed E-state index contributed by atoms with van der Waals surface area (Å²) in [5.41, 5.74) is 3.51. The van der Waals surface area contributed by atoms with Gasteiger partial charge in [-0.15, -0.1) is 0 Å². The zero-order valence-electron chi connectivity index (χ0n) is 18.9. The molecule has 0 amide bonds. The molecule has 3 aromatic rings. The molecule has 2 nitrogen and oxygen atoms in total. The Morgan fingerprint density at radius 2 is 1.88 bits per heavy atom. The third-order valence-corrected chi connectivity index (χ3v) is 6.98. The lowest BCUT2D eigenvalue weighted by Crippen LogP contribution is -2.26. The van der Waals surface area contributed by atoms with E-state index in [4.69, 9.17) is 4.74 Å². The van der Waals surface area contributed by atoms with Gasteiger partial charge in [0.2, 0.25) is 0 Å². The first-order valence-electron chi connectivity index (χ1n) is 10.7. The lowest BCUT2D eigenvalue weighted by Gasteiger charge is -2.21. The van der Waals surface area contributed by atoms with Gasteiger partial charge in [-0.3, -0.25) is 4.72 Å². The van der Waals surface area contributed by atoms with Crippen molar-refractivity contribution in [2.24, 2.45) is 0 Å². The van der Waals surface area contributed by atoms with Gasteiger partial charge < -0.3 is 4.74 Å². The molecule has 4 heteroatoms. The van der Waals surface area contributed by atoms with Crippen LogP contribution in [0.25, 0.3) is 0 Å². The summed E-state index contributed by atoms with van der Waals surface area (Å²) in [6, 6.07) is 25.1. The molecule has 0 aliphatic heterocycles. The van der Waals surface area contributed by atoms with Crippen molar-refractivity contribution in [1.29, 1.82) is 0 Å². The van der Waals surface area contributed by atoms with Crippen molar-refractivity contribution in [1.82, 2.24) is 4.72 Å². The molecule has 0 spiro atoms. The maximum Gasteiger partial charge on any atom is 0.120 e. The van der Waals surface area contributed by atoms with E-state index in [2.05, 4.69) is 97.7 Å². The van der Waals surface area contributed by atoms with Gasteiger partial charge in [-0.25, -0.2) is 0 Å². The van der Waals surface area contributed by atoms with Gasteiger partial charge in [-0.05, 0) is 72.8 Å². The van der Waals surface area contributed by atoms with E-state index in [0.29, 0.717) is 0 Å². The quantitative estimate of drug-likeness (QED) is 0.206. The van der Waals surface area contributed by atoms with Gasteiger partial charge in [0.15, 0.2) is 0 Å². The average Bonchev–Trinajstić information content (AvgIpc) is 2.82. The zero-order valence-corrected chi connectivity index (χ0v) is 20.5. The molecule has 1 unspecified atom stereocenters. The molecule has 3 rings (SSSR count). The molecular formula is C28H29NOS2. The van der Waals surface area contributed by atoms with Crippen LogP contribution in [0, 0.1) is 18.8 Å². The Balaban J connectivity index is 1.80. The standard InChI is InChI=1S/C28H29NOS2/c1-5-6-11-23-12-10-13-24(18-23)19-27(29-32-26-14-8-7-9-15-26)22(3)31-28-20-25(30-4)17-16-21(28)2/h7-10,12-18,20,27,29H,3,5,19H2,1-2,4H3. The second-order valence-corrected chi connectivity index (χ2v) is 9.42. The molecule has 0 saturated heterocycles. The number of hydrogen-bond acceptors (Lipinski definition) is 4. The van der Waals surface area contributed by atoms with Crippen molar-refractivity contribution >= 4 is 23.7 Å². The molecule has 0 saturated carbocycles. The predicted molar refractivity (Wildman–Crippen MR) is 139 cm³/mol. The maximum absolute atomic E-state index is 5.42. The average molecular weight is 460 g/mol. The molecule has 1 atom stereocenters. The van der Waals surface area contributed by atoms with E-state index in [1.807, 2.05) is 12.1 Å². The predicted octanol–water partition coefficient (Wildman–Crippen LogP) is 7.28. The second kappa shape index (κ2) is 12.5. The first-order valence-corrected chi connectivity index (χ1v) is 12.3. The van der Waals surface area contributed by atoms with E-state index in [0.717, 1.165) is 34.0 Å². The van der Waals surface area contributed by atoms with Gasteiger partial charge in [0.05, 0.1) is 13.2 Å². The van der Waals surface area contributed by atoms with Gasteiger partial charge >= 0.3 is 0 Å². The van der Waals surface area contributed by atoms with Crippen LogP contribution in [0.15, 0.2) is 94.1 Å². The summed E-state index contributed by atoms with van der Waals surface area (Å²) in [6.45, 7) is 8.63. The topological polar surface area (TPSA) is 21.3 Å². The summed E-state index contributed by atoms with van der Waals surface area (Å²) in [6.07, 6.45) is 1.69. The Morgan fingerprint density at radius 1 is 1.06 bits per heavy atom. The van der Waals surface area contributed by atoms with Crippen molar-refractivity contribution in [3.63, 3.8) is 0 Å². The molecule has 0 aliphatic carbocycles. The van der Waals surface area contributed by atoms with E-state index in [-0.39, 0.29) is 6.04 Å². The van der Waals surface area contributed by atoms with Crippen molar-refractivity contribution in [3.05, 3.63) is 101 Å². The van der Waals surface area contributed by atoms with Crippen LogP contribution in [0.5, 0.6) is 5.75 Å². The minimum atomic E-state index is 0.0743. The van der Waals surface area contributed by atoms with Gasteiger partial charge in [-0.1, -0.05) is 73.5 Å². The Labute approximate surface area is 201 Å². The van der Waals surface area contributed by atoms with Crippen LogP contribution in [0.3, 0.4) is 0 Å². The van der Waals surface area contributed by atoms with E-state index in [1.165, 1.54) is 16.0 Å². The van der Waals surface area contributed by atoms with Crippen molar-refractivity contribution < 1.29 is 4.74 Å². The van der Waals surface area contributed by atoms with E-state index in [1.54, 1.807) is 30.8 Å². The molecule has 0 radical (unpaired) electrons. The van der Waals surface area contributed by atoms with Crippen molar-refractivity contribution in [3.8, 4) is 17.6 Å². The highest BCUT2D eigenvalue weighted by Crippen LogP contribution is 2.34. The number of methoxy groups -OCH3 is 1. The third-order valence-electron chi connectivity index (χ3n) is 4.86. The highest BCUT2D eigenvalue weighted by Gasteiger charge is 2.17. The SMILES string of the molecule is C=C(Sc1cc(OC)ccc1C)C(Cc1cccc(C#CCC)c1)NSc1ccccc1. The highest BCUT2D eigenvalue weighted by atomic mass is 32.2. The molecule has 32 heavy (non-hydrogen) atoms. The van der Waals surface area contributed by atoms with Crippen LogP contribution >= 0.6 is 23.7 Å². The molecule has 3 aromatic carbocycles. The number of thioether (sulfide) groups is 1. The summed E-state index contributed by atoms with van der Waals surface area (Å²) < 4.78 is 9.07. The van der Waals surface area contributed by atoms with Crippen LogP contribution in [0.1, 0.15) is 30.0 Å². The molecule has 1 N–H and O–H groups in total. The molecule has 0 aliphatic rings. The van der Waals surface area contributed by atoms with Crippen LogP contribution in [0.2, 0.25) is 0 Å². The van der Waals surface area contributed by atoms with Crippen LogP contribution < -0.4 is 9.46 Å². The minimum Gasteiger partial charge on any atom is -0.497 e. The normalized spacial score (nSPS) is 11.3. The number of ether oxygens (including phenoxy) is 1. The largest absolute Gasteiger partial charge is 0.497 e. The first kappa shape index (κ1) is 24.1. The summed E-state index contributed by atoms with van der Waals surface area (Å²) >= 11 is 3.34. The lowest BCUT2D eigenvalue weighted by molar-refractivity contribution is 0.413. The fraction of sp³-hybridized carbons (Fsp3) is 0.214. The van der Waals surface area contributed by atoms with Gasteiger partial charge in [0.1, 0.15) is 5.75 Å². The van der Waals surface area contributed by atoms with Crippen molar-refractivity contribution in [2.75, 3.05) is 7.11 Å². The monoisotopic (exact) mass is 459 g/mol. The number of benzene rings is 3. The molecule has 0 heterocycles. The zero-order chi connectivity index (χ0) is 22.8. The Morgan fingerprint density at radius 3 is 2.62 bits per heavy atom. The summed E-state index contributed by atoms with van der Waals surface area (Å²) in [5.74, 6) is 7.26. The van der Waals surface area contributed by atoms with Crippen LogP contribution in [-0.2, 0) is 6.42 Å². The van der Waals surface area contributed by atoms with Gasteiger partial charge in [0.25, 0.3) is 0 Å². The summed E-state index contributed by atoms with van der Waals surface area (Å²) in [5, 5.41) is 0. The Bertz CT molecular complexity index is 1100. The first-order chi connectivity index (χ1) is 15.6. The molecule has 0 bridgehead atoms. The maximum atomic E-state index is 5.42. The van der Waals surface area contributed by atoms with Crippen molar-refractivity contribution in [2.45, 2.75) is 42.5 Å². The van der Waals surface area contributed by atoms with Crippen LogP contribution in [0.4, 0.5) is 0 Å². The second-order valence-electron chi connectivity index (χ2n) is 7.35. The number of rotatable bonds is 9. The molecule has 0 fully saturated rings. The summed E-state index contributed by atoms with van der Waals surface area (Å²) in [7, 11) is 1.70. The van der Waals surface area contributed by atoms with Gasteiger partial charge in [-0.2, -0.15) is 0 Å². The Hall–Kier alpha value is -2.58. The van der Waals surface area contributed by atoms with Crippen LogP contribution in [-0.4, -0.2) is 13.2 Å². The number of aryl methyl sites for hydroxylation is 1. The summed E-state index contributed by atoms with van der Waals surface area (Å²) in [4.78, 5) is 3.40. The highest BCUT2D eigenvalue weighted by molar-refractivity contribution is 8.03. The number of nitrogens with one attached hydrogen (secondary N) is 1. The smallest absolute Gasteiger partial charge is 0.120 e. The minimum absolute atomic E-state index is 0.0743. The lowest BCUT2D eigenvalue weighted by atomic mass is 10.0. The molecule has 0 aromatic heterocycles. The third kappa shape index (κ3) is 7.24. The Kier molecular flexibility index (Phi) is 9.37. The molecule has 164 valence electrons. The fourth-order valence-corrected chi connectivity index (χ4v) is 4.92. The van der Waals surface area contributed by atoms with E-state index in [9.17, 15) is 0 Å². The number of hydrogen-bond donors (Lipinski definition) is 1. The molecular weight excluding hydrogens is 430 g/mol.